The molecule has 0 fully saturated rings. The maximum absolute atomic E-state index is 5.94. The van der Waals surface area contributed by atoms with Crippen LogP contribution in [0.2, 0.25) is 5.02 Å². The average Bonchev–Trinajstić information content (AvgIpc) is 2.20. The fraction of sp³-hybridized carbons (Fsp3) is 0.500. The Bertz CT molecular complexity index is 314. The van der Waals surface area contributed by atoms with Gasteiger partial charge in [0.05, 0.1) is 5.69 Å². The van der Waals surface area contributed by atoms with Crippen molar-refractivity contribution in [1.29, 1.82) is 0 Å². The largest absolute Gasteiger partial charge is 0.382 e. The summed E-state index contributed by atoms with van der Waals surface area (Å²) < 4.78 is 1.07. The highest BCUT2D eigenvalue weighted by atomic mass is 79.9. The highest BCUT2D eigenvalue weighted by Gasteiger charge is 2.05. The van der Waals surface area contributed by atoms with Crippen molar-refractivity contribution in [2.75, 3.05) is 5.32 Å². The zero-order chi connectivity index (χ0) is 11.3. The maximum Gasteiger partial charge on any atom is 0.0501 e. The fourth-order valence-electron chi connectivity index (χ4n) is 1.46. The molecule has 1 unspecified atom stereocenters. The van der Waals surface area contributed by atoms with Gasteiger partial charge in [-0.1, -0.05) is 31.4 Å². The highest BCUT2D eigenvalue weighted by Crippen LogP contribution is 2.26. The minimum absolute atomic E-state index is 0.486. The molecule has 3 heteroatoms. The lowest BCUT2D eigenvalue weighted by molar-refractivity contribution is 0.645. The molecule has 1 nitrogen and oxygen atoms in total. The number of anilines is 1. The van der Waals surface area contributed by atoms with Gasteiger partial charge in [0.25, 0.3) is 0 Å². The molecule has 15 heavy (non-hydrogen) atoms. The van der Waals surface area contributed by atoms with E-state index in [-0.39, 0.29) is 0 Å². The lowest BCUT2D eigenvalue weighted by atomic mass is 10.1. The summed E-state index contributed by atoms with van der Waals surface area (Å²) in [5, 5.41) is 4.22. The Morgan fingerprint density at radius 3 is 2.87 bits per heavy atom. The van der Waals surface area contributed by atoms with Gasteiger partial charge in [0.15, 0.2) is 0 Å². The SMILES string of the molecule is CCCCC(C)Nc1cc(Cl)ccc1Br. The summed E-state index contributed by atoms with van der Waals surface area (Å²) in [4.78, 5) is 0. The molecule has 0 bridgehead atoms. The topological polar surface area (TPSA) is 12.0 Å². The Morgan fingerprint density at radius 2 is 2.20 bits per heavy atom. The number of unbranched alkanes of at least 4 members (excludes halogenated alkanes) is 1. The standard InChI is InChI=1S/C12H17BrClN/c1-3-4-5-9(2)15-12-8-10(14)6-7-11(12)13/h6-9,15H,3-5H2,1-2H3. The molecule has 0 radical (unpaired) electrons. The minimum atomic E-state index is 0.486. The van der Waals surface area contributed by atoms with Gasteiger partial charge >= 0.3 is 0 Å². The van der Waals surface area contributed by atoms with Crippen LogP contribution < -0.4 is 5.32 Å². The summed E-state index contributed by atoms with van der Waals surface area (Å²) in [5.74, 6) is 0. The molecule has 1 atom stereocenters. The van der Waals surface area contributed by atoms with Crippen LogP contribution in [0.25, 0.3) is 0 Å². The van der Waals surface area contributed by atoms with E-state index in [0.29, 0.717) is 6.04 Å². The van der Waals surface area contributed by atoms with E-state index >= 15 is 0 Å². The second kappa shape index (κ2) is 6.39. The van der Waals surface area contributed by atoms with E-state index in [2.05, 4.69) is 35.1 Å². The number of nitrogens with one attached hydrogen (secondary N) is 1. The van der Waals surface area contributed by atoms with Crippen LogP contribution >= 0.6 is 27.5 Å². The van der Waals surface area contributed by atoms with Crippen molar-refractivity contribution in [2.45, 2.75) is 39.2 Å². The van der Waals surface area contributed by atoms with E-state index in [1.54, 1.807) is 0 Å². The quantitative estimate of drug-likeness (QED) is 0.796. The molecule has 1 aromatic rings. The van der Waals surface area contributed by atoms with Crippen molar-refractivity contribution < 1.29 is 0 Å². The molecular formula is C12H17BrClN. The molecule has 1 aromatic carbocycles. The number of hydrogen-bond acceptors (Lipinski definition) is 1. The summed E-state index contributed by atoms with van der Waals surface area (Å²) in [6, 6.07) is 6.29. The second-order valence-corrected chi connectivity index (χ2v) is 5.10. The molecule has 0 spiro atoms. The normalized spacial score (nSPS) is 12.5. The van der Waals surface area contributed by atoms with Crippen molar-refractivity contribution in [2.24, 2.45) is 0 Å². The molecule has 0 heterocycles. The van der Waals surface area contributed by atoms with Gasteiger partial charge < -0.3 is 5.32 Å². The summed E-state index contributed by atoms with van der Waals surface area (Å²) in [6.07, 6.45) is 3.69. The zero-order valence-electron chi connectivity index (χ0n) is 9.19. The van der Waals surface area contributed by atoms with E-state index < -0.39 is 0 Å². The summed E-state index contributed by atoms with van der Waals surface area (Å²) in [5.41, 5.74) is 1.08. The molecule has 0 saturated carbocycles. The number of benzene rings is 1. The summed E-state index contributed by atoms with van der Waals surface area (Å²) in [7, 11) is 0. The molecule has 0 aromatic heterocycles. The monoisotopic (exact) mass is 289 g/mol. The van der Waals surface area contributed by atoms with E-state index in [4.69, 9.17) is 11.6 Å². The van der Waals surface area contributed by atoms with E-state index in [1.807, 2.05) is 18.2 Å². The Kier molecular flexibility index (Phi) is 5.48. The third kappa shape index (κ3) is 4.43. The van der Waals surface area contributed by atoms with E-state index in [9.17, 15) is 0 Å². The second-order valence-electron chi connectivity index (χ2n) is 3.81. The van der Waals surface area contributed by atoms with Gasteiger partial charge in [-0.25, -0.2) is 0 Å². The van der Waals surface area contributed by atoms with Crippen molar-refractivity contribution in [3.8, 4) is 0 Å². The number of rotatable bonds is 5. The van der Waals surface area contributed by atoms with Crippen LogP contribution in [0.5, 0.6) is 0 Å². The van der Waals surface area contributed by atoms with Crippen LogP contribution in [0, 0.1) is 0 Å². The Labute approximate surface area is 105 Å². The number of hydrogen-bond donors (Lipinski definition) is 1. The molecule has 1 N–H and O–H groups in total. The molecular weight excluding hydrogens is 273 g/mol. The molecule has 0 saturated heterocycles. The molecule has 0 aliphatic heterocycles. The molecule has 0 aliphatic carbocycles. The first-order valence-electron chi connectivity index (χ1n) is 5.35. The van der Waals surface area contributed by atoms with Crippen molar-refractivity contribution >= 4 is 33.2 Å². The van der Waals surface area contributed by atoms with Crippen molar-refractivity contribution in [3.05, 3.63) is 27.7 Å². The fourth-order valence-corrected chi connectivity index (χ4v) is 1.99. The van der Waals surface area contributed by atoms with Crippen LogP contribution in [0.3, 0.4) is 0 Å². The predicted molar refractivity (Wildman–Crippen MR) is 71.8 cm³/mol. The van der Waals surface area contributed by atoms with Gasteiger partial charge in [0, 0.05) is 15.5 Å². The smallest absolute Gasteiger partial charge is 0.0501 e. The van der Waals surface area contributed by atoms with Crippen molar-refractivity contribution in [1.82, 2.24) is 0 Å². The van der Waals surface area contributed by atoms with Gasteiger partial charge in [0.1, 0.15) is 0 Å². The highest BCUT2D eigenvalue weighted by molar-refractivity contribution is 9.10. The summed E-state index contributed by atoms with van der Waals surface area (Å²) in [6.45, 7) is 4.41. The van der Waals surface area contributed by atoms with Gasteiger partial charge in [-0.3, -0.25) is 0 Å². The molecule has 84 valence electrons. The molecule has 1 rings (SSSR count). The average molecular weight is 291 g/mol. The van der Waals surface area contributed by atoms with Crippen LogP contribution in [0.1, 0.15) is 33.1 Å². The van der Waals surface area contributed by atoms with Gasteiger partial charge in [0.2, 0.25) is 0 Å². The zero-order valence-corrected chi connectivity index (χ0v) is 11.5. The predicted octanol–water partition coefficient (Wildman–Crippen LogP) is 5.09. The van der Waals surface area contributed by atoms with Crippen molar-refractivity contribution in [3.63, 3.8) is 0 Å². The Balaban J connectivity index is 2.59. The van der Waals surface area contributed by atoms with Crippen LogP contribution in [-0.4, -0.2) is 6.04 Å². The first-order chi connectivity index (χ1) is 7.13. The minimum Gasteiger partial charge on any atom is -0.382 e. The third-order valence-electron chi connectivity index (χ3n) is 2.32. The maximum atomic E-state index is 5.94. The first kappa shape index (κ1) is 12.9. The van der Waals surface area contributed by atoms with Gasteiger partial charge in [-0.2, -0.15) is 0 Å². The van der Waals surface area contributed by atoms with Crippen LogP contribution in [0.15, 0.2) is 22.7 Å². The third-order valence-corrected chi connectivity index (χ3v) is 3.25. The van der Waals surface area contributed by atoms with E-state index in [0.717, 1.165) is 15.2 Å². The summed E-state index contributed by atoms with van der Waals surface area (Å²) >= 11 is 9.45. The van der Waals surface area contributed by atoms with Gasteiger partial charge in [-0.05, 0) is 47.5 Å². The van der Waals surface area contributed by atoms with Crippen LogP contribution in [0.4, 0.5) is 5.69 Å². The lowest BCUT2D eigenvalue weighted by Gasteiger charge is -2.16. The Morgan fingerprint density at radius 1 is 1.47 bits per heavy atom. The molecule has 0 amide bonds. The molecule has 0 aliphatic rings. The van der Waals surface area contributed by atoms with Gasteiger partial charge in [-0.15, -0.1) is 0 Å². The van der Waals surface area contributed by atoms with E-state index in [1.165, 1.54) is 19.3 Å². The first-order valence-corrected chi connectivity index (χ1v) is 6.52. The lowest BCUT2D eigenvalue weighted by Crippen LogP contribution is -2.15. The van der Waals surface area contributed by atoms with Crippen LogP contribution in [-0.2, 0) is 0 Å². The Hall–Kier alpha value is -0.210. The number of halogens is 2.